The van der Waals surface area contributed by atoms with Crippen molar-refractivity contribution >= 4 is 18.4 Å². The number of hydrogen-bond donors (Lipinski definition) is 0. The molecule has 0 N–H and O–H groups in total. The van der Waals surface area contributed by atoms with Gasteiger partial charge in [-0.2, -0.15) is 0 Å². The lowest BCUT2D eigenvalue weighted by molar-refractivity contribution is 1.15. The van der Waals surface area contributed by atoms with Crippen LogP contribution in [-0.4, -0.2) is 4.57 Å². The van der Waals surface area contributed by atoms with E-state index in [4.69, 9.17) is 0 Å². The van der Waals surface area contributed by atoms with Gasteiger partial charge in [-0.25, -0.2) is 0 Å². The monoisotopic (exact) mass is 195 g/mol. The van der Waals surface area contributed by atoms with Crippen LogP contribution in [0.15, 0.2) is 55.2 Å². The summed E-state index contributed by atoms with van der Waals surface area (Å²) >= 11 is 0. The van der Waals surface area contributed by atoms with Gasteiger partial charge in [-0.05, 0) is 23.8 Å². The van der Waals surface area contributed by atoms with Crippen LogP contribution < -0.4 is 0 Å². The third kappa shape index (κ3) is 2.26. The van der Waals surface area contributed by atoms with Crippen molar-refractivity contribution < 1.29 is 0 Å². The predicted octanol–water partition coefficient (Wildman–Crippen LogP) is 3.76. The Hall–Kier alpha value is -2.02. The van der Waals surface area contributed by atoms with Crippen LogP contribution in [-0.2, 0) is 0 Å². The molecule has 1 aromatic heterocycles. The molecule has 1 heterocycles. The van der Waals surface area contributed by atoms with Crippen LogP contribution in [0.2, 0.25) is 0 Å². The molecule has 0 aliphatic carbocycles. The zero-order chi connectivity index (χ0) is 10.5. The Morgan fingerprint density at radius 1 is 0.933 bits per heavy atom. The molecule has 0 fully saturated rings. The molecule has 0 aliphatic rings. The lowest BCUT2D eigenvalue weighted by Crippen LogP contribution is -1.84. The van der Waals surface area contributed by atoms with Crippen LogP contribution in [0.1, 0.15) is 11.3 Å². The predicted molar refractivity (Wildman–Crippen MR) is 66.2 cm³/mol. The van der Waals surface area contributed by atoms with Gasteiger partial charge in [-0.3, -0.25) is 0 Å². The first-order valence-electron chi connectivity index (χ1n) is 4.92. The van der Waals surface area contributed by atoms with Crippen molar-refractivity contribution in [1.82, 2.24) is 4.57 Å². The molecule has 0 unspecified atom stereocenters. The molecule has 0 radical (unpaired) electrons. The van der Waals surface area contributed by atoms with Crippen LogP contribution >= 0.6 is 0 Å². The Kier molecular flexibility index (Phi) is 2.84. The molecule has 0 aliphatic heterocycles. The first-order valence-corrected chi connectivity index (χ1v) is 4.92. The van der Waals surface area contributed by atoms with E-state index in [0.29, 0.717) is 0 Å². The first-order chi connectivity index (χ1) is 7.40. The molecule has 74 valence electrons. The minimum Gasteiger partial charge on any atom is -0.324 e. The summed E-state index contributed by atoms with van der Waals surface area (Å²) in [4.78, 5) is 0. The second kappa shape index (κ2) is 4.47. The van der Waals surface area contributed by atoms with Gasteiger partial charge in [-0.15, -0.1) is 0 Å². The van der Waals surface area contributed by atoms with Crippen molar-refractivity contribution in [2.75, 3.05) is 0 Å². The smallest absolute Gasteiger partial charge is 0.0449 e. The average Bonchev–Trinajstić information content (AvgIpc) is 2.75. The van der Waals surface area contributed by atoms with Crippen LogP contribution in [0, 0.1) is 0 Å². The zero-order valence-electron chi connectivity index (χ0n) is 8.51. The van der Waals surface area contributed by atoms with E-state index in [9.17, 15) is 0 Å². The highest BCUT2D eigenvalue weighted by Gasteiger charge is 1.91. The van der Waals surface area contributed by atoms with E-state index in [1.807, 2.05) is 35.0 Å². The SMILES string of the molecule is C=Cn1cccc1C=Cc1ccccc1. The van der Waals surface area contributed by atoms with Crippen molar-refractivity contribution in [3.05, 3.63) is 66.5 Å². The molecule has 0 bridgehead atoms. The molecule has 1 heteroatoms. The topological polar surface area (TPSA) is 4.93 Å². The molecule has 0 amide bonds. The third-order valence-corrected chi connectivity index (χ3v) is 2.25. The molecule has 1 nitrogen and oxygen atoms in total. The molecule has 2 aromatic rings. The molecule has 1 aromatic carbocycles. The zero-order valence-corrected chi connectivity index (χ0v) is 8.51. The fourth-order valence-electron chi connectivity index (χ4n) is 1.46. The van der Waals surface area contributed by atoms with Crippen LogP contribution in [0.3, 0.4) is 0 Å². The van der Waals surface area contributed by atoms with E-state index in [2.05, 4.69) is 36.9 Å². The number of nitrogens with zero attached hydrogens (tertiary/aromatic N) is 1. The van der Waals surface area contributed by atoms with Crippen molar-refractivity contribution in [3.63, 3.8) is 0 Å². The maximum absolute atomic E-state index is 3.75. The Bertz CT molecular complexity index is 463. The van der Waals surface area contributed by atoms with E-state index in [-0.39, 0.29) is 0 Å². The number of aromatic nitrogens is 1. The molecular weight excluding hydrogens is 182 g/mol. The lowest BCUT2D eigenvalue weighted by atomic mass is 10.2. The van der Waals surface area contributed by atoms with Gasteiger partial charge in [0.25, 0.3) is 0 Å². The molecule has 0 saturated carbocycles. The van der Waals surface area contributed by atoms with E-state index in [1.54, 1.807) is 6.20 Å². The minimum atomic E-state index is 1.13. The molecule has 2 rings (SSSR count). The highest BCUT2D eigenvalue weighted by molar-refractivity contribution is 5.69. The van der Waals surface area contributed by atoms with Gasteiger partial charge in [0.1, 0.15) is 0 Å². The van der Waals surface area contributed by atoms with Gasteiger partial charge in [-0.1, -0.05) is 43.0 Å². The largest absolute Gasteiger partial charge is 0.324 e. The highest BCUT2D eigenvalue weighted by atomic mass is 14.9. The molecule has 0 spiro atoms. The van der Waals surface area contributed by atoms with Gasteiger partial charge >= 0.3 is 0 Å². The number of benzene rings is 1. The van der Waals surface area contributed by atoms with Crippen molar-refractivity contribution in [3.8, 4) is 0 Å². The van der Waals surface area contributed by atoms with Gasteiger partial charge in [0.2, 0.25) is 0 Å². The highest BCUT2D eigenvalue weighted by Crippen LogP contribution is 2.09. The summed E-state index contributed by atoms with van der Waals surface area (Å²) in [6.07, 6.45) is 7.95. The van der Waals surface area contributed by atoms with Crippen molar-refractivity contribution in [2.24, 2.45) is 0 Å². The number of hydrogen-bond acceptors (Lipinski definition) is 0. The Labute approximate surface area is 90.0 Å². The maximum atomic E-state index is 3.75. The second-order valence-corrected chi connectivity index (χ2v) is 3.27. The van der Waals surface area contributed by atoms with E-state index >= 15 is 0 Å². The Balaban J connectivity index is 2.22. The Morgan fingerprint density at radius 2 is 1.73 bits per heavy atom. The van der Waals surface area contributed by atoms with Gasteiger partial charge in [0.15, 0.2) is 0 Å². The van der Waals surface area contributed by atoms with E-state index in [0.717, 1.165) is 5.69 Å². The van der Waals surface area contributed by atoms with Crippen LogP contribution in [0.5, 0.6) is 0 Å². The summed E-state index contributed by atoms with van der Waals surface area (Å²) in [7, 11) is 0. The molecular formula is C14H13N. The van der Waals surface area contributed by atoms with Gasteiger partial charge < -0.3 is 4.57 Å². The normalized spacial score (nSPS) is 10.7. The summed E-state index contributed by atoms with van der Waals surface area (Å²) in [5, 5.41) is 0. The van der Waals surface area contributed by atoms with Crippen LogP contribution in [0.4, 0.5) is 0 Å². The molecule has 15 heavy (non-hydrogen) atoms. The minimum absolute atomic E-state index is 1.13. The fraction of sp³-hybridized carbons (Fsp3) is 0. The summed E-state index contributed by atoms with van der Waals surface area (Å²) in [5.74, 6) is 0. The van der Waals surface area contributed by atoms with E-state index < -0.39 is 0 Å². The standard InChI is InChI=1S/C14H13N/c1-2-15-12-6-9-14(15)11-10-13-7-4-3-5-8-13/h2-12H,1H2. The van der Waals surface area contributed by atoms with E-state index in [1.165, 1.54) is 5.56 Å². The van der Waals surface area contributed by atoms with Gasteiger partial charge in [0.05, 0.1) is 0 Å². The summed E-state index contributed by atoms with van der Waals surface area (Å²) in [5.41, 5.74) is 2.34. The average molecular weight is 195 g/mol. The summed E-state index contributed by atoms with van der Waals surface area (Å²) < 4.78 is 1.99. The van der Waals surface area contributed by atoms with Gasteiger partial charge in [0, 0.05) is 18.1 Å². The first kappa shape index (κ1) is 9.53. The van der Waals surface area contributed by atoms with Crippen molar-refractivity contribution in [1.29, 1.82) is 0 Å². The summed E-state index contributed by atoms with van der Waals surface area (Å²) in [6, 6.07) is 14.3. The molecule has 0 atom stereocenters. The fourth-order valence-corrected chi connectivity index (χ4v) is 1.46. The molecule has 0 saturated heterocycles. The summed E-state index contributed by atoms with van der Waals surface area (Å²) in [6.45, 7) is 3.75. The maximum Gasteiger partial charge on any atom is 0.0449 e. The number of rotatable bonds is 3. The second-order valence-electron chi connectivity index (χ2n) is 3.27. The quantitative estimate of drug-likeness (QED) is 0.702. The Morgan fingerprint density at radius 3 is 2.47 bits per heavy atom. The third-order valence-electron chi connectivity index (χ3n) is 2.25. The lowest BCUT2D eigenvalue weighted by Gasteiger charge is -1.97. The van der Waals surface area contributed by atoms with Crippen molar-refractivity contribution in [2.45, 2.75) is 0 Å². The van der Waals surface area contributed by atoms with Crippen LogP contribution in [0.25, 0.3) is 18.4 Å².